The van der Waals surface area contributed by atoms with Crippen LogP contribution < -0.4 is 5.32 Å². The number of nitrogens with one attached hydrogen (secondary N) is 1. The van der Waals surface area contributed by atoms with Gasteiger partial charge in [0.05, 0.1) is 6.54 Å². The van der Waals surface area contributed by atoms with Crippen LogP contribution >= 0.6 is 11.3 Å². The number of rotatable bonds is 3. The molecule has 1 aromatic heterocycles. The summed E-state index contributed by atoms with van der Waals surface area (Å²) in [5, 5.41) is 4.63. The van der Waals surface area contributed by atoms with E-state index in [-0.39, 0.29) is 0 Å². The van der Waals surface area contributed by atoms with Crippen molar-refractivity contribution in [2.75, 3.05) is 6.54 Å². The highest BCUT2D eigenvalue weighted by atomic mass is 32.1. The van der Waals surface area contributed by atoms with E-state index in [1.54, 1.807) is 0 Å². The average molecular weight is 215 g/mol. The van der Waals surface area contributed by atoms with E-state index in [9.17, 15) is 0 Å². The van der Waals surface area contributed by atoms with Gasteiger partial charge in [-0.2, -0.15) is 0 Å². The molecule has 0 aliphatic rings. The van der Waals surface area contributed by atoms with Gasteiger partial charge in [0, 0.05) is 16.1 Å². The summed E-state index contributed by atoms with van der Waals surface area (Å²) in [5.41, 5.74) is 0. The van der Waals surface area contributed by atoms with E-state index in [1.807, 2.05) is 18.3 Å². The van der Waals surface area contributed by atoms with Crippen LogP contribution in [0, 0.1) is 11.8 Å². The summed E-state index contributed by atoms with van der Waals surface area (Å²) in [4.78, 5) is 1.37. The second-order valence-corrected chi connectivity index (χ2v) is 4.45. The van der Waals surface area contributed by atoms with Gasteiger partial charge in [-0.1, -0.05) is 24.1 Å². The Morgan fingerprint density at radius 2 is 2.20 bits per heavy atom. The third kappa shape index (κ3) is 2.59. The van der Waals surface area contributed by atoms with Crippen molar-refractivity contribution in [1.82, 2.24) is 5.32 Å². The minimum absolute atomic E-state index is 0.769. The molecule has 0 aliphatic heterocycles. The molecule has 0 unspecified atom stereocenters. The molecule has 76 valence electrons. The van der Waals surface area contributed by atoms with Crippen molar-refractivity contribution in [1.29, 1.82) is 0 Å². The lowest BCUT2D eigenvalue weighted by Crippen LogP contribution is -2.11. The summed E-state index contributed by atoms with van der Waals surface area (Å²) in [6, 6.07) is 10.7. The molecule has 0 amide bonds. The van der Waals surface area contributed by atoms with Crippen molar-refractivity contribution in [3.8, 4) is 11.8 Å². The predicted molar refractivity (Wildman–Crippen MR) is 67.0 cm³/mol. The van der Waals surface area contributed by atoms with Gasteiger partial charge in [-0.05, 0) is 24.4 Å². The highest BCUT2D eigenvalue weighted by Crippen LogP contribution is 2.24. The standard InChI is InChI=1S/C13H13NS/c1-2-3-8-14-10-12-9-11-6-4-5-7-13(11)15-12/h4-7,9,14H,8,10H2,1H3. The SMILES string of the molecule is CC#CCNCc1cc2ccccc2s1. The smallest absolute Gasteiger partial charge is 0.0579 e. The first kappa shape index (κ1) is 10.2. The van der Waals surface area contributed by atoms with Gasteiger partial charge in [-0.15, -0.1) is 17.3 Å². The molecule has 0 bridgehead atoms. The van der Waals surface area contributed by atoms with Gasteiger partial charge < -0.3 is 5.32 Å². The van der Waals surface area contributed by atoms with Crippen LogP contribution in [-0.4, -0.2) is 6.54 Å². The Hall–Kier alpha value is -1.30. The third-order valence-electron chi connectivity index (χ3n) is 2.17. The first-order chi connectivity index (χ1) is 7.40. The van der Waals surface area contributed by atoms with Gasteiger partial charge in [-0.3, -0.25) is 0 Å². The Morgan fingerprint density at radius 1 is 1.33 bits per heavy atom. The van der Waals surface area contributed by atoms with Gasteiger partial charge in [0.1, 0.15) is 0 Å². The molecule has 0 aliphatic carbocycles. The highest BCUT2D eigenvalue weighted by Gasteiger charge is 1.99. The Bertz CT molecular complexity index is 469. The Kier molecular flexibility index (Phi) is 3.39. The van der Waals surface area contributed by atoms with Crippen LogP contribution in [0.1, 0.15) is 11.8 Å². The number of hydrogen-bond donors (Lipinski definition) is 1. The third-order valence-corrected chi connectivity index (χ3v) is 3.28. The lowest BCUT2D eigenvalue weighted by Gasteiger charge is -1.95. The molecule has 1 aromatic carbocycles. The molecule has 0 fully saturated rings. The number of hydrogen-bond acceptors (Lipinski definition) is 2. The maximum absolute atomic E-state index is 3.30. The Morgan fingerprint density at radius 3 is 3.00 bits per heavy atom. The van der Waals surface area contributed by atoms with Crippen molar-refractivity contribution >= 4 is 21.4 Å². The molecule has 1 N–H and O–H groups in total. The summed E-state index contributed by atoms with van der Waals surface area (Å²) in [6.45, 7) is 3.54. The minimum atomic E-state index is 0.769. The zero-order valence-corrected chi connectivity index (χ0v) is 9.53. The fourth-order valence-electron chi connectivity index (χ4n) is 1.46. The van der Waals surface area contributed by atoms with E-state index in [2.05, 4.69) is 47.5 Å². The Labute approximate surface area is 94.1 Å². The lowest BCUT2D eigenvalue weighted by molar-refractivity contribution is 0.781. The first-order valence-corrected chi connectivity index (χ1v) is 5.79. The van der Waals surface area contributed by atoms with E-state index >= 15 is 0 Å². The highest BCUT2D eigenvalue weighted by molar-refractivity contribution is 7.19. The molecule has 0 radical (unpaired) electrons. The first-order valence-electron chi connectivity index (χ1n) is 4.98. The number of benzene rings is 1. The molecule has 2 rings (SSSR count). The largest absolute Gasteiger partial charge is 0.301 e. The van der Waals surface area contributed by atoms with E-state index in [0.717, 1.165) is 13.1 Å². The van der Waals surface area contributed by atoms with Crippen LogP contribution in [-0.2, 0) is 6.54 Å². The molecular formula is C13H13NS. The minimum Gasteiger partial charge on any atom is -0.301 e. The average Bonchev–Trinajstić information content (AvgIpc) is 2.67. The summed E-state index contributed by atoms with van der Waals surface area (Å²) in [7, 11) is 0. The van der Waals surface area contributed by atoms with Gasteiger partial charge in [0.2, 0.25) is 0 Å². The Balaban J connectivity index is 2.04. The van der Waals surface area contributed by atoms with Crippen LogP contribution in [0.5, 0.6) is 0 Å². The van der Waals surface area contributed by atoms with Crippen LogP contribution in [0.25, 0.3) is 10.1 Å². The maximum Gasteiger partial charge on any atom is 0.0579 e. The second kappa shape index (κ2) is 4.97. The lowest BCUT2D eigenvalue weighted by atomic mass is 10.2. The second-order valence-electron chi connectivity index (χ2n) is 3.28. The van der Waals surface area contributed by atoms with E-state index in [4.69, 9.17) is 0 Å². The molecule has 0 saturated carbocycles. The molecule has 0 atom stereocenters. The predicted octanol–water partition coefficient (Wildman–Crippen LogP) is 3.01. The summed E-state index contributed by atoms with van der Waals surface area (Å²) in [6.07, 6.45) is 0. The number of thiophene rings is 1. The normalized spacial score (nSPS) is 9.93. The molecular weight excluding hydrogens is 202 g/mol. The zero-order valence-electron chi connectivity index (χ0n) is 8.71. The van der Waals surface area contributed by atoms with Crippen LogP contribution in [0.2, 0.25) is 0 Å². The summed E-state index contributed by atoms with van der Waals surface area (Å²) >= 11 is 1.84. The molecule has 0 saturated heterocycles. The fourth-order valence-corrected chi connectivity index (χ4v) is 2.49. The topological polar surface area (TPSA) is 12.0 Å². The van der Waals surface area contributed by atoms with E-state index in [0.29, 0.717) is 0 Å². The molecule has 2 aromatic rings. The van der Waals surface area contributed by atoms with Crippen molar-refractivity contribution in [3.05, 3.63) is 35.2 Å². The van der Waals surface area contributed by atoms with Crippen molar-refractivity contribution in [3.63, 3.8) is 0 Å². The van der Waals surface area contributed by atoms with Crippen molar-refractivity contribution in [2.45, 2.75) is 13.5 Å². The van der Waals surface area contributed by atoms with Crippen LogP contribution in [0.3, 0.4) is 0 Å². The van der Waals surface area contributed by atoms with E-state index in [1.165, 1.54) is 15.0 Å². The molecule has 1 heterocycles. The van der Waals surface area contributed by atoms with Crippen molar-refractivity contribution in [2.24, 2.45) is 0 Å². The fraction of sp³-hybridized carbons (Fsp3) is 0.231. The molecule has 2 heteroatoms. The molecule has 1 nitrogen and oxygen atoms in total. The maximum atomic E-state index is 3.30. The van der Waals surface area contributed by atoms with Gasteiger partial charge >= 0.3 is 0 Å². The van der Waals surface area contributed by atoms with Crippen LogP contribution in [0.4, 0.5) is 0 Å². The molecule has 15 heavy (non-hydrogen) atoms. The van der Waals surface area contributed by atoms with Gasteiger partial charge in [-0.25, -0.2) is 0 Å². The zero-order chi connectivity index (χ0) is 10.5. The summed E-state index contributed by atoms with van der Waals surface area (Å²) in [5.74, 6) is 5.87. The van der Waals surface area contributed by atoms with E-state index < -0.39 is 0 Å². The van der Waals surface area contributed by atoms with Gasteiger partial charge in [0.15, 0.2) is 0 Å². The summed E-state index contributed by atoms with van der Waals surface area (Å²) < 4.78 is 1.36. The van der Waals surface area contributed by atoms with Crippen molar-refractivity contribution < 1.29 is 0 Å². The quantitative estimate of drug-likeness (QED) is 0.613. The van der Waals surface area contributed by atoms with Gasteiger partial charge in [0.25, 0.3) is 0 Å². The van der Waals surface area contributed by atoms with Crippen LogP contribution in [0.15, 0.2) is 30.3 Å². The monoisotopic (exact) mass is 215 g/mol. The molecule has 0 spiro atoms. The number of fused-ring (bicyclic) bond motifs is 1.